The highest BCUT2D eigenvalue weighted by Crippen LogP contribution is 2.40. The van der Waals surface area contributed by atoms with Gasteiger partial charge in [-0.15, -0.1) is 0 Å². The molecule has 0 aliphatic carbocycles. The molecule has 22 heteroatoms. The van der Waals surface area contributed by atoms with E-state index in [0.29, 0.717) is 0 Å². The van der Waals surface area contributed by atoms with Crippen LogP contribution in [0.3, 0.4) is 0 Å². The summed E-state index contributed by atoms with van der Waals surface area (Å²) in [6.07, 6.45) is -17.8. The van der Waals surface area contributed by atoms with E-state index < -0.39 is 110 Å². The van der Waals surface area contributed by atoms with Crippen molar-refractivity contribution in [1.29, 1.82) is 0 Å². The topological polar surface area (TPSA) is 226 Å². The number of nitrogens with zero attached hydrogens (tertiary/aromatic N) is 1. The standard InChI is InChI=1S/C91H95NO21/c1-96-88-85(106-60-72-43-25-9-26-44-72)83(104-58-70-39-21-7-22-40-70)80(77(109-88)63-98-54-66-31-13-3-14-32-66)112-89-86(100-51-52-101-91(93)108-75-49-47-74(48-50-75)92(94)95)84(105-59-71-41-23-8-24-42-71)81(78(111-89)64-99-55-67-33-15-4-16-34-67)113-90-87(107-61-73-45-27-10-28-46-73)82(103-57-69-37-19-6-20-38-69)79(102-56-68-35-17-5-18-36-68)76(110-90)62-97-53-65-29-11-2-12-30-65/h2-50,76-90H,51-64H2,1H3/t76-,77-,78-,79+,80-,81+,82+,83+,84+,85-,86-,87-,88-,89+,90-/m1/s1. The Labute approximate surface area is 658 Å². The number of hydrogen-bond donors (Lipinski definition) is 0. The van der Waals surface area contributed by atoms with Crippen molar-refractivity contribution in [1.82, 2.24) is 0 Å². The number of carbonyl (C=O) groups is 1. The molecule has 0 radical (unpaired) electrons. The van der Waals surface area contributed by atoms with E-state index in [2.05, 4.69) is 0 Å². The van der Waals surface area contributed by atoms with Gasteiger partial charge in [0.15, 0.2) is 18.9 Å². The Hall–Kier alpha value is -9.77. The molecular formula is C91H95NO21. The van der Waals surface area contributed by atoms with E-state index in [-0.39, 0.29) is 97.3 Å². The fourth-order valence-electron chi connectivity index (χ4n) is 13.7. The van der Waals surface area contributed by atoms with E-state index in [1.165, 1.54) is 24.3 Å². The average molecular weight is 1540 g/mol. The monoisotopic (exact) mass is 1540 g/mol. The summed E-state index contributed by atoms with van der Waals surface area (Å²) in [7, 11) is 1.55. The van der Waals surface area contributed by atoms with Crippen molar-refractivity contribution in [2.24, 2.45) is 0 Å². The summed E-state index contributed by atoms with van der Waals surface area (Å²) in [5.41, 5.74) is 7.75. The summed E-state index contributed by atoms with van der Waals surface area (Å²) in [5.74, 6) is 0.0103. The molecule has 3 aliphatic rings. The molecule has 3 saturated heterocycles. The van der Waals surface area contributed by atoms with Gasteiger partial charge in [0.1, 0.15) is 85.6 Å². The zero-order chi connectivity index (χ0) is 77.4. The predicted molar refractivity (Wildman–Crippen MR) is 416 cm³/mol. The third-order valence-electron chi connectivity index (χ3n) is 19.3. The molecule has 3 aliphatic heterocycles. The van der Waals surface area contributed by atoms with Crippen molar-refractivity contribution in [3.8, 4) is 5.75 Å². The quantitative estimate of drug-likeness (QED) is 0.0114. The van der Waals surface area contributed by atoms with Gasteiger partial charge in [-0.2, -0.15) is 0 Å². The van der Waals surface area contributed by atoms with Crippen LogP contribution in [0.1, 0.15) is 50.1 Å². The van der Waals surface area contributed by atoms with Gasteiger partial charge >= 0.3 is 6.16 Å². The van der Waals surface area contributed by atoms with Crippen LogP contribution in [0.4, 0.5) is 10.5 Å². The minimum absolute atomic E-state index is 0.00495. The van der Waals surface area contributed by atoms with Gasteiger partial charge in [0.25, 0.3) is 5.69 Å². The third kappa shape index (κ3) is 24.4. The average Bonchev–Trinajstić information content (AvgIpc) is 0.765. The van der Waals surface area contributed by atoms with Crippen molar-refractivity contribution in [2.45, 2.75) is 152 Å². The SMILES string of the molecule is CO[C@@H]1O[C@H](COCc2ccccc2)[C@@H](O[C@@H]2O[C@H](COCc3ccccc3)[C@H](O[C@H]3O[C@H](COCc4ccccc4)[C@H](OCc4ccccc4)[C@H](OCc4ccccc4)[C@H]3OCc3ccccc3)[C@H](OCc3ccccc3)[C@H]2OCCOC(=O)Oc2ccc([N+](=O)[O-])cc2)[C@H](OCc2ccccc2)[C@H]1OCc1ccccc1. The highest BCUT2D eigenvalue weighted by Gasteiger charge is 2.57. The number of rotatable bonds is 41. The number of nitro groups is 1. The number of carbonyl (C=O) groups excluding carboxylic acids is 1. The molecule has 3 heterocycles. The first-order valence-electron chi connectivity index (χ1n) is 38.0. The zero-order valence-electron chi connectivity index (χ0n) is 62.9. The maximum absolute atomic E-state index is 13.7. The Morgan fingerprint density at radius 1 is 0.310 bits per heavy atom. The Kier molecular flexibility index (Phi) is 31.3. The van der Waals surface area contributed by atoms with E-state index in [4.69, 9.17) is 85.3 Å². The van der Waals surface area contributed by atoms with Crippen LogP contribution in [0.2, 0.25) is 0 Å². The maximum atomic E-state index is 13.7. The van der Waals surface area contributed by atoms with Gasteiger partial charge in [0.05, 0.1) is 90.8 Å². The molecule has 0 unspecified atom stereocenters. The van der Waals surface area contributed by atoms with Crippen LogP contribution in [-0.2, 0) is 140 Å². The van der Waals surface area contributed by atoms with Crippen LogP contribution < -0.4 is 4.74 Å². The molecule has 15 atom stereocenters. The van der Waals surface area contributed by atoms with Crippen LogP contribution in [-0.4, -0.2) is 143 Å². The molecule has 590 valence electrons. The number of methoxy groups -OCH3 is 1. The molecule has 113 heavy (non-hydrogen) atoms. The van der Waals surface area contributed by atoms with Crippen molar-refractivity contribution >= 4 is 11.8 Å². The minimum Gasteiger partial charge on any atom is -0.432 e. The fraction of sp³-hybridized carbons (Fsp3) is 0.330. The van der Waals surface area contributed by atoms with Crippen molar-refractivity contribution in [3.05, 3.63) is 357 Å². The van der Waals surface area contributed by atoms with Crippen LogP contribution in [0.25, 0.3) is 0 Å². The molecule has 0 aromatic heterocycles. The molecule has 13 rings (SSSR count). The van der Waals surface area contributed by atoms with Crippen molar-refractivity contribution < 1.29 is 95.0 Å². The molecule has 10 aromatic rings. The van der Waals surface area contributed by atoms with Gasteiger partial charge in [0, 0.05) is 19.2 Å². The molecule has 22 nitrogen and oxygen atoms in total. The van der Waals surface area contributed by atoms with Crippen LogP contribution in [0.5, 0.6) is 5.75 Å². The van der Waals surface area contributed by atoms with Crippen LogP contribution in [0, 0.1) is 10.1 Å². The second kappa shape index (κ2) is 43.5. The molecule has 3 fully saturated rings. The van der Waals surface area contributed by atoms with Gasteiger partial charge in [-0.05, 0) is 62.2 Å². The van der Waals surface area contributed by atoms with E-state index in [1.54, 1.807) is 7.11 Å². The second-order valence-corrected chi connectivity index (χ2v) is 27.4. The molecule has 0 N–H and O–H groups in total. The minimum atomic E-state index is -1.48. The normalized spacial score (nSPS) is 23.6. The van der Waals surface area contributed by atoms with Crippen LogP contribution >= 0.6 is 0 Å². The summed E-state index contributed by atoms with van der Waals surface area (Å²) in [6.45, 7) is 0.276. The lowest BCUT2D eigenvalue weighted by Gasteiger charge is -2.51. The van der Waals surface area contributed by atoms with E-state index in [1.807, 2.05) is 273 Å². The van der Waals surface area contributed by atoms with Crippen LogP contribution in [0.15, 0.2) is 297 Å². The van der Waals surface area contributed by atoms with E-state index in [9.17, 15) is 14.9 Å². The molecule has 0 amide bonds. The smallest absolute Gasteiger partial charge is 0.432 e. The largest absolute Gasteiger partial charge is 0.513 e. The first-order chi connectivity index (χ1) is 55.7. The summed E-state index contributed by atoms with van der Waals surface area (Å²) >= 11 is 0. The highest BCUT2D eigenvalue weighted by molar-refractivity contribution is 5.64. The van der Waals surface area contributed by atoms with Gasteiger partial charge in [-0.3, -0.25) is 10.1 Å². The summed E-state index contributed by atoms with van der Waals surface area (Å²) in [6, 6.07) is 93.2. The highest BCUT2D eigenvalue weighted by atomic mass is 16.8. The summed E-state index contributed by atoms with van der Waals surface area (Å²) < 4.78 is 126. The number of non-ortho nitro benzene ring substituents is 1. The Bertz CT molecular complexity index is 4330. The number of ether oxygens (including phenoxy) is 18. The number of hydrogen-bond acceptors (Lipinski definition) is 21. The molecule has 0 saturated carbocycles. The van der Waals surface area contributed by atoms with Gasteiger partial charge in [0.2, 0.25) is 0 Å². The lowest BCUT2D eigenvalue weighted by Crippen LogP contribution is -2.68. The molecule has 10 aromatic carbocycles. The van der Waals surface area contributed by atoms with Gasteiger partial charge < -0.3 is 85.3 Å². The zero-order valence-corrected chi connectivity index (χ0v) is 62.9. The third-order valence-corrected chi connectivity index (χ3v) is 19.3. The fourth-order valence-corrected chi connectivity index (χ4v) is 13.7. The lowest BCUT2D eigenvalue weighted by molar-refractivity contribution is -0.394. The van der Waals surface area contributed by atoms with Gasteiger partial charge in [-0.25, -0.2) is 4.79 Å². The lowest BCUT2D eigenvalue weighted by atomic mass is 9.95. The Morgan fingerprint density at radius 2 is 0.575 bits per heavy atom. The molecule has 0 bridgehead atoms. The molecule has 0 spiro atoms. The second-order valence-electron chi connectivity index (χ2n) is 27.4. The first kappa shape index (κ1) is 81.3. The Balaban J connectivity index is 0.931. The number of nitro benzene ring substituents is 1. The Morgan fingerprint density at radius 3 is 0.894 bits per heavy atom. The van der Waals surface area contributed by atoms with Gasteiger partial charge in [-0.1, -0.05) is 273 Å². The van der Waals surface area contributed by atoms with E-state index in [0.717, 1.165) is 50.1 Å². The first-order valence-corrected chi connectivity index (χ1v) is 38.0. The predicted octanol–water partition coefficient (Wildman–Crippen LogP) is 15.2. The molecular weight excluding hydrogens is 1440 g/mol. The number of benzene rings is 10. The van der Waals surface area contributed by atoms with E-state index >= 15 is 0 Å². The maximum Gasteiger partial charge on any atom is 0.513 e. The van der Waals surface area contributed by atoms with Crippen molar-refractivity contribution in [3.63, 3.8) is 0 Å². The summed E-state index contributed by atoms with van der Waals surface area (Å²) in [5, 5.41) is 11.6. The summed E-state index contributed by atoms with van der Waals surface area (Å²) in [4.78, 5) is 24.7. The van der Waals surface area contributed by atoms with Crippen molar-refractivity contribution in [2.75, 3.05) is 40.1 Å².